The summed E-state index contributed by atoms with van der Waals surface area (Å²) in [6.07, 6.45) is 0.0494. The SMILES string of the molecule is N=P(O)(O)Cc1ccccc1. The van der Waals surface area contributed by atoms with E-state index < -0.39 is 7.51 Å². The fourth-order valence-corrected chi connectivity index (χ4v) is 1.56. The molecule has 0 saturated heterocycles. The van der Waals surface area contributed by atoms with Gasteiger partial charge in [-0.05, 0) is 5.56 Å². The largest absolute Gasteiger partial charge is 0.340 e. The molecular weight excluding hydrogens is 161 g/mol. The van der Waals surface area contributed by atoms with Crippen LogP contribution in [0.2, 0.25) is 0 Å². The highest BCUT2D eigenvalue weighted by molar-refractivity contribution is 7.52. The lowest BCUT2D eigenvalue weighted by molar-refractivity contribution is 0.460. The standard InChI is InChI=1S/C7H10NO2P/c8-11(9,10)6-7-4-2-1-3-5-7/h1-5H,6H2,(H3,8,9,10). The third kappa shape index (κ3) is 3.33. The van der Waals surface area contributed by atoms with E-state index in [2.05, 4.69) is 0 Å². The zero-order chi connectivity index (χ0) is 8.32. The molecule has 1 aromatic carbocycles. The van der Waals surface area contributed by atoms with Crippen molar-refractivity contribution in [2.45, 2.75) is 6.16 Å². The van der Waals surface area contributed by atoms with E-state index in [1.54, 1.807) is 12.1 Å². The molecule has 0 heterocycles. The van der Waals surface area contributed by atoms with E-state index in [0.717, 1.165) is 5.56 Å². The zero-order valence-corrected chi connectivity index (χ0v) is 6.83. The molecule has 0 spiro atoms. The van der Waals surface area contributed by atoms with E-state index in [9.17, 15) is 0 Å². The minimum atomic E-state index is -3.39. The van der Waals surface area contributed by atoms with Gasteiger partial charge in [0.1, 0.15) is 0 Å². The van der Waals surface area contributed by atoms with Crippen LogP contribution < -0.4 is 0 Å². The number of hydrogen-bond acceptors (Lipinski definition) is 1. The molecule has 0 radical (unpaired) electrons. The fourth-order valence-electron chi connectivity index (χ4n) is 0.838. The molecule has 0 unspecified atom stereocenters. The van der Waals surface area contributed by atoms with Crippen LogP contribution in [0.3, 0.4) is 0 Å². The van der Waals surface area contributed by atoms with Crippen LogP contribution in [0.5, 0.6) is 0 Å². The Morgan fingerprint density at radius 1 is 1.18 bits per heavy atom. The van der Waals surface area contributed by atoms with Crippen molar-refractivity contribution < 1.29 is 9.79 Å². The second kappa shape index (κ2) is 3.18. The van der Waals surface area contributed by atoms with Crippen LogP contribution >= 0.6 is 7.51 Å². The van der Waals surface area contributed by atoms with Crippen LogP contribution in [0, 0.1) is 5.16 Å². The van der Waals surface area contributed by atoms with Gasteiger partial charge in [-0.15, -0.1) is 0 Å². The first-order chi connectivity index (χ1) is 5.08. The maximum atomic E-state index is 8.80. The lowest BCUT2D eigenvalue weighted by Gasteiger charge is -2.05. The van der Waals surface area contributed by atoms with Crippen LogP contribution in [0.1, 0.15) is 5.56 Å². The van der Waals surface area contributed by atoms with Crippen molar-refractivity contribution in [3.63, 3.8) is 0 Å². The molecular formula is C7H10NO2P. The second-order valence-corrected chi connectivity index (χ2v) is 4.15. The second-order valence-electron chi connectivity index (χ2n) is 2.37. The maximum Gasteiger partial charge on any atom is 0.208 e. The summed E-state index contributed by atoms with van der Waals surface area (Å²) in [5.41, 5.74) is 0.792. The third-order valence-electron chi connectivity index (χ3n) is 1.25. The molecule has 1 aromatic rings. The van der Waals surface area contributed by atoms with Gasteiger partial charge in [0.25, 0.3) is 0 Å². The molecule has 1 rings (SSSR count). The maximum absolute atomic E-state index is 8.80. The Morgan fingerprint density at radius 2 is 1.73 bits per heavy atom. The van der Waals surface area contributed by atoms with Crippen LogP contribution in [0.25, 0.3) is 0 Å². The van der Waals surface area contributed by atoms with E-state index in [1.165, 1.54) is 0 Å². The molecule has 0 fully saturated rings. The summed E-state index contributed by atoms with van der Waals surface area (Å²) in [7, 11) is -3.39. The molecule has 0 aliphatic carbocycles. The molecule has 0 aliphatic heterocycles. The minimum absolute atomic E-state index is 0.0494. The van der Waals surface area contributed by atoms with E-state index in [-0.39, 0.29) is 6.16 Å². The Balaban J connectivity index is 2.74. The Kier molecular flexibility index (Phi) is 2.45. The van der Waals surface area contributed by atoms with Gasteiger partial charge in [-0.3, -0.25) is 5.16 Å². The quantitative estimate of drug-likeness (QED) is 0.594. The Hall–Kier alpha value is -0.630. The smallest absolute Gasteiger partial charge is 0.208 e. The van der Waals surface area contributed by atoms with Crippen molar-refractivity contribution in [2.24, 2.45) is 0 Å². The fraction of sp³-hybridized carbons (Fsp3) is 0.143. The lowest BCUT2D eigenvalue weighted by atomic mass is 10.2. The van der Waals surface area contributed by atoms with E-state index in [1.807, 2.05) is 18.2 Å². The molecule has 0 atom stereocenters. The molecule has 0 aromatic heterocycles. The minimum Gasteiger partial charge on any atom is -0.340 e. The molecule has 3 nitrogen and oxygen atoms in total. The van der Waals surface area contributed by atoms with Crippen LogP contribution in [-0.4, -0.2) is 9.79 Å². The summed E-state index contributed by atoms with van der Waals surface area (Å²) in [6, 6.07) is 9.02. The summed E-state index contributed by atoms with van der Waals surface area (Å²) < 4.78 is 0. The van der Waals surface area contributed by atoms with E-state index in [0.29, 0.717) is 0 Å². The molecule has 0 amide bonds. The van der Waals surface area contributed by atoms with E-state index in [4.69, 9.17) is 14.9 Å². The molecule has 3 N–H and O–H groups in total. The normalized spacial score (nSPS) is 11.5. The predicted molar refractivity (Wildman–Crippen MR) is 44.2 cm³/mol. The molecule has 11 heavy (non-hydrogen) atoms. The topological polar surface area (TPSA) is 64.3 Å². The van der Waals surface area contributed by atoms with Gasteiger partial charge in [-0.25, -0.2) is 0 Å². The van der Waals surface area contributed by atoms with Crippen molar-refractivity contribution in [1.82, 2.24) is 0 Å². The number of benzene rings is 1. The van der Waals surface area contributed by atoms with Crippen molar-refractivity contribution in [2.75, 3.05) is 0 Å². The lowest BCUT2D eigenvalue weighted by Crippen LogP contribution is -1.84. The van der Waals surface area contributed by atoms with Gasteiger partial charge < -0.3 is 9.79 Å². The number of hydrogen-bond donors (Lipinski definition) is 3. The molecule has 0 saturated carbocycles. The molecule has 60 valence electrons. The van der Waals surface area contributed by atoms with Gasteiger partial charge >= 0.3 is 0 Å². The van der Waals surface area contributed by atoms with Crippen LogP contribution in [0.15, 0.2) is 30.3 Å². The number of nitrogens with one attached hydrogen (secondary N) is 1. The van der Waals surface area contributed by atoms with E-state index >= 15 is 0 Å². The monoisotopic (exact) mass is 171 g/mol. The van der Waals surface area contributed by atoms with Gasteiger partial charge in [0.2, 0.25) is 7.51 Å². The van der Waals surface area contributed by atoms with Crippen molar-refractivity contribution in [3.8, 4) is 0 Å². The van der Waals surface area contributed by atoms with Gasteiger partial charge in [-0.2, -0.15) is 0 Å². The highest BCUT2D eigenvalue weighted by atomic mass is 31.2. The average molecular weight is 171 g/mol. The third-order valence-corrected chi connectivity index (χ3v) is 2.05. The number of rotatable bonds is 2. The van der Waals surface area contributed by atoms with Crippen LogP contribution in [-0.2, 0) is 6.16 Å². The summed E-state index contributed by atoms with van der Waals surface area (Å²) >= 11 is 0. The Labute approximate surface area is 65.3 Å². The predicted octanol–water partition coefficient (Wildman–Crippen LogP) is 1.78. The summed E-state index contributed by atoms with van der Waals surface area (Å²) in [4.78, 5) is 17.6. The van der Waals surface area contributed by atoms with Gasteiger partial charge in [-0.1, -0.05) is 30.3 Å². The Morgan fingerprint density at radius 3 is 2.18 bits per heavy atom. The molecule has 0 bridgehead atoms. The van der Waals surface area contributed by atoms with Crippen LogP contribution in [0.4, 0.5) is 0 Å². The first-order valence-corrected chi connectivity index (χ1v) is 5.08. The van der Waals surface area contributed by atoms with Gasteiger partial charge in [0.05, 0.1) is 6.16 Å². The van der Waals surface area contributed by atoms with Gasteiger partial charge in [0.15, 0.2) is 0 Å². The van der Waals surface area contributed by atoms with Crippen molar-refractivity contribution in [1.29, 1.82) is 5.16 Å². The highest BCUT2D eigenvalue weighted by Gasteiger charge is 2.07. The summed E-state index contributed by atoms with van der Waals surface area (Å²) in [5, 5.41) is 6.89. The average Bonchev–Trinajstić information content (AvgIpc) is 1.85. The molecule has 0 aliphatic rings. The van der Waals surface area contributed by atoms with Gasteiger partial charge in [0, 0.05) is 0 Å². The first-order valence-electron chi connectivity index (χ1n) is 3.20. The Bertz CT molecular complexity index is 267. The zero-order valence-electron chi connectivity index (χ0n) is 5.94. The first kappa shape index (κ1) is 8.47. The molecule has 4 heteroatoms. The highest BCUT2D eigenvalue weighted by Crippen LogP contribution is 2.39. The summed E-state index contributed by atoms with van der Waals surface area (Å²) in [5.74, 6) is 0. The van der Waals surface area contributed by atoms with Crippen molar-refractivity contribution in [3.05, 3.63) is 35.9 Å². The van der Waals surface area contributed by atoms with Crippen molar-refractivity contribution >= 4 is 7.51 Å². The summed E-state index contributed by atoms with van der Waals surface area (Å²) in [6.45, 7) is 0.